The van der Waals surface area contributed by atoms with Crippen LogP contribution in [0.15, 0.2) is 72.0 Å². The monoisotopic (exact) mass is 477 g/mol. The molecule has 1 fully saturated rings. The molecule has 0 aromatic heterocycles. The molecule has 1 saturated heterocycles. The second kappa shape index (κ2) is 10.7. The molecule has 3 rings (SSSR count). The molecule has 0 unspecified atom stereocenters. The molecule has 0 atom stereocenters. The molecule has 1 aliphatic rings. The number of hydrogen-bond donors (Lipinski definition) is 1. The fourth-order valence-electron chi connectivity index (χ4n) is 3.36. The number of amides is 1. The minimum absolute atomic E-state index is 0.0568. The summed E-state index contributed by atoms with van der Waals surface area (Å²) in [5.74, 6) is -0.589. The highest BCUT2D eigenvalue weighted by Gasteiger charge is 2.32. The van der Waals surface area contributed by atoms with E-state index in [1.807, 2.05) is 0 Å². The first kappa shape index (κ1) is 24.5. The Labute approximate surface area is 195 Å². The highest BCUT2D eigenvalue weighted by molar-refractivity contribution is 6.30. The predicted molar refractivity (Wildman–Crippen MR) is 124 cm³/mol. The third-order valence-corrected chi connectivity index (χ3v) is 5.37. The zero-order valence-corrected chi connectivity index (χ0v) is 18.4. The van der Waals surface area contributed by atoms with Crippen molar-refractivity contribution in [2.75, 3.05) is 18.1 Å². The summed E-state index contributed by atoms with van der Waals surface area (Å²) in [6.45, 7) is 4.74. The van der Waals surface area contributed by atoms with E-state index in [9.17, 15) is 18.0 Å². The van der Waals surface area contributed by atoms with Crippen molar-refractivity contribution in [1.29, 1.82) is 0 Å². The summed E-state index contributed by atoms with van der Waals surface area (Å²) in [7, 11) is 0. The highest BCUT2D eigenvalue weighted by Crippen LogP contribution is 2.32. The molecule has 5 nitrogen and oxygen atoms in total. The second-order valence-corrected chi connectivity index (χ2v) is 7.87. The van der Waals surface area contributed by atoms with Gasteiger partial charge in [-0.15, -0.1) is 0 Å². The van der Waals surface area contributed by atoms with E-state index in [1.54, 1.807) is 24.3 Å². The van der Waals surface area contributed by atoms with Gasteiger partial charge in [0.25, 0.3) is 0 Å². The molecule has 33 heavy (non-hydrogen) atoms. The molecule has 0 spiro atoms. The van der Waals surface area contributed by atoms with Gasteiger partial charge in [0.05, 0.1) is 11.3 Å². The number of hydrogen-bond acceptors (Lipinski definition) is 4. The lowest BCUT2D eigenvalue weighted by atomic mass is 9.98. The summed E-state index contributed by atoms with van der Waals surface area (Å²) in [6, 6.07) is 11.3. The van der Waals surface area contributed by atoms with Crippen molar-refractivity contribution in [3.8, 4) is 0 Å². The average Bonchev–Trinajstić information content (AvgIpc) is 2.79. The van der Waals surface area contributed by atoms with Crippen molar-refractivity contribution < 1.29 is 22.7 Å². The Morgan fingerprint density at radius 2 is 1.85 bits per heavy atom. The van der Waals surface area contributed by atoms with Gasteiger partial charge in [-0.2, -0.15) is 13.2 Å². The van der Waals surface area contributed by atoms with Crippen molar-refractivity contribution >= 4 is 35.1 Å². The fourth-order valence-corrected chi connectivity index (χ4v) is 3.55. The summed E-state index contributed by atoms with van der Waals surface area (Å²) in [4.78, 5) is 18.7. The van der Waals surface area contributed by atoms with E-state index in [4.69, 9.17) is 22.1 Å². The number of nitrogens with two attached hydrogens (primary N) is 1. The molecule has 0 radical (unpaired) electrons. The normalized spacial score (nSPS) is 15.6. The van der Waals surface area contributed by atoms with Crippen LogP contribution in [0.5, 0.6) is 0 Å². The number of carbonyl (C=O) groups is 1. The Hall–Kier alpha value is -3.10. The zero-order chi connectivity index (χ0) is 24.0. The lowest BCUT2D eigenvalue weighted by Gasteiger charge is -2.29. The van der Waals surface area contributed by atoms with Crippen molar-refractivity contribution in [2.45, 2.75) is 19.0 Å². The molecule has 2 aromatic rings. The number of halogens is 4. The summed E-state index contributed by atoms with van der Waals surface area (Å²) in [5.41, 5.74) is 6.57. The fraction of sp³-hybridized carbons (Fsp3) is 0.250. The first-order valence-electron chi connectivity index (χ1n) is 10.2. The quantitative estimate of drug-likeness (QED) is 0.546. The minimum Gasteiger partial charge on any atom is -0.398 e. The van der Waals surface area contributed by atoms with Gasteiger partial charge in [-0.3, -0.25) is 9.69 Å². The van der Waals surface area contributed by atoms with Crippen LogP contribution in [0.25, 0.3) is 5.70 Å². The maximum atomic E-state index is 13.2. The van der Waals surface area contributed by atoms with E-state index in [2.05, 4.69) is 11.6 Å². The first-order valence-corrected chi connectivity index (χ1v) is 10.6. The van der Waals surface area contributed by atoms with Gasteiger partial charge in [-0.05, 0) is 60.9 Å². The SMILES string of the molecule is C=C(/N=C\C=C(/N)c1cccc(Cl)c1)N(C(=O)C1CCOCC1)c1ccc(C(F)(F)F)cc1. The number of ether oxygens (including phenoxy) is 1. The molecule has 2 N–H and O–H groups in total. The Morgan fingerprint density at radius 1 is 1.18 bits per heavy atom. The Morgan fingerprint density at radius 3 is 2.45 bits per heavy atom. The van der Waals surface area contributed by atoms with Crippen LogP contribution in [0.1, 0.15) is 24.0 Å². The van der Waals surface area contributed by atoms with Gasteiger partial charge in [0.1, 0.15) is 5.82 Å². The molecule has 1 amide bonds. The van der Waals surface area contributed by atoms with Crippen LogP contribution in [0.4, 0.5) is 18.9 Å². The number of anilines is 1. The van der Waals surface area contributed by atoms with Crippen LogP contribution in [0.3, 0.4) is 0 Å². The van der Waals surface area contributed by atoms with Gasteiger partial charge in [0, 0.05) is 36.1 Å². The minimum atomic E-state index is -4.48. The number of rotatable bonds is 6. The van der Waals surface area contributed by atoms with Gasteiger partial charge < -0.3 is 10.5 Å². The Bertz CT molecular complexity index is 1060. The molecular weight excluding hydrogens is 455 g/mol. The van der Waals surface area contributed by atoms with E-state index >= 15 is 0 Å². The van der Waals surface area contributed by atoms with Crippen LogP contribution in [-0.2, 0) is 15.7 Å². The third-order valence-electron chi connectivity index (χ3n) is 5.14. The van der Waals surface area contributed by atoms with Crippen molar-refractivity contribution in [1.82, 2.24) is 0 Å². The molecule has 0 bridgehead atoms. The standard InChI is InChI=1S/C24H23ClF3N3O2/c1-16(30-12-9-22(29)18-3-2-4-20(25)15-18)31(23(32)17-10-13-33-14-11-17)21-7-5-19(6-8-21)24(26,27)28/h2-9,12,15,17H,1,10-11,13-14,29H2/b22-9-,30-12-. The molecular formula is C24H23ClF3N3O2. The summed E-state index contributed by atoms with van der Waals surface area (Å²) < 4.78 is 44.2. The number of alkyl halides is 3. The van der Waals surface area contributed by atoms with Crippen molar-refractivity contribution in [2.24, 2.45) is 16.6 Å². The summed E-state index contributed by atoms with van der Waals surface area (Å²) in [6.07, 6.45) is -0.553. The van der Waals surface area contributed by atoms with Crippen LogP contribution in [-0.4, -0.2) is 25.3 Å². The van der Waals surface area contributed by atoms with Crippen LogP contribution in [0.2, 0.25) is 5.02 Å². The topological polar surface area (TPSA) is 67.9 Å². The number of carbonyl (C=O) groups excluding carboxylic acids is 1. The Kier molecular flexibility index (Phi) is 7.94. The molecule has 0 aliphatic carbocycles. The lowest BCUT2D eigenvalue weighted by Crippen LogP contribution is -2.37. The van der Waals surface area contributed by atoms with E-state index < -0.39 is 11.7 Å². The van der Waals surface area contributed by atoms with Gasteiger partial charge in [0.15, 0.2) is 0 Å². The molecule has 9 heteroatoms. The Balaban J connectivity index is 1.86. The number of benzene rings is 2. The first-order chi connectivity index (χ1) is 15.7. The van der Waals surface area contributed by atoms with E-state index in [1.165, 1.54) is 29.3 Å². The number of allylic oxidation sites excluding steroid dienone is 1. The number of nitrogens with zero attached hydrogens (tertiary/aromatic N) is 2. The smallest absolute Gasteiger partial charge is 0.398 e. The van der Waals surface area contributed by atoms with Gasteiger partial charge in [-0.25, -0.2) is 4.99 Å². The maximum Gasteiger partial charge on any atom is 0.416 e. The summed E-state index contributed by atoms with van der Waals surface area (Å²) >= 11 is 5.98. The van der Waals surface area contributed by atoms with Crippen molar-refractivity contribution in [3.05, 3.63) is 83.2 Å². The number of aliphatic imine (C=N–C) groups is 1. The lowest BCUT2D eigenvalue weighted by molar-refractivity contribution is -0.137. The van der Waals surface area contributed by atoms with Crippen molar-refractivity contribution in [3.63, 3.8) is 0 Å². The third kappa shape index (κ3) is 6.46. The van der Waals surface area contributed by atoms with Crippen LogP contribution < -0.4 is 10.6 Å². The van der Waals surface area contributed by atoms with E-state index in [0.717, 1.165) is 12.1 Å². The largest absolute Gasteiger partial charge is 0.416 e. The van der Waals surface area contributed by atoms with Gasteiger partial charge in [0.2, 0.25) is 5.91 Å². The molecule has 0 saturated carbocycles. The zero-order valence-electron chi connectivity index (χ0n) is 17.7. The molecule has 1 heterocycles. The van der Waals surface area contributed by atoms with Crippen LogP contribution >= 0.6 is 11.6 Å². The predicted octanol–water partition coefficient (Wildman–Crippen LogP) is 5.66. The van der Waals surface area contributed by atoms with Gasteiger partial charge in [-0.1, -0.05) is 30.3 Å². The molecule has 1 aliphatic heterocycles. The van der Waals surface area contributed by atoms with Gasteiger partial charge >= 0.3 is 6.18 Å². The van der Waals surface area contributed by atoms with E-state index in [-0.39, 0.29) is 23.3 Å². The molecule has 2 aromatic carbocycles. The average molecular weight is 478 g/mol. The second-order valence-electron chi connectivity index (χ2n) is 7.43. The molecule has 174 valence electrons. The summed E-state index contributed by atoms with van der Waals surface area (Å²) in [5, 5.41) is 0.528. The highest BCUT2D eigenvalue weighted by atomic mass is 35.5. The maximum absolute atomic E-state index is 13.2. The van der Waals surface area contributed by atoms with Crippen LogP contribution in [0, 0.1) is 5.92 Å². The van der Waals surface area contributed by atoms with E-state index in [0.29, 0.717) is 42.3 Å².